The number of carbonyl (C=O) groups is 1. The van der Waals surface area contributed by atoms with E-state index in [1.54, 1.807) is 28.4 Å². The molecule has 4 rings (SSSR count). The fourth-order valence-corrected chi connectivity index (χ4v) is 5.19. The Hall–Kier alpha value is -3.13. The van der Waals surface area contributed by atoms with Crippen molar-refractivity contribution in [3.8, 4) is 28.7 Å². The molecule has 1 saturated heterocycles. The summed E-state index contributed by atoms with van der Waals surface area (Å²) in [6.07, 6.45) is 4.08. The van der Waals surface area contributed by atoms with E-state index in [4.69, 9.17) is 23.7 Å². The number of rotatable bonds is 11. The molecule has 8 heteroatoms. The molecule has 0 N–H and O–H groups in total. The van der Waals surface area contributed by atoms with Crippen LogP contribution in [0.4, 0.5) is 0 Å². The fraction of sp³-hybridized carbons (Fsp3) is 0.536. The molecule has 0 aliphatic carbocycles. The quantitative estimate of drug-likeness (QED) is 0.435. The Morgan fingerprint density at radius 1 is 0.861 bits per heavy atom. The molecule has 1 unspecified atom stereocenters. The van der Waals surface area contributed by atoms with Crippen LogP contribution in [0.5, 0.6) is 28.7 Å². The lowest BCUT2D eigenvalue weighted by atomic mass is 9.94. The SMILES string of the molecule is COc1cc(OC)cc(OCCCN2CCCC(CN3CCc4cc(OC)c(OC)cc4C3=O)C2)c1. The summed E-state index contributed by atoms with van der Waals surface area (Å²) in [7, 11) is 6.49. The van der Waals surface area contributed by atoms with Crippen molar-refractivity contribution in [2.24, 2.45) is 5.92 Å². The van der Waals surface area contributed by atoms with E-state index in [0.717, 1.165) is 86.8 Å². The summed E-state index contributed by atoms with van der Waals surface area (Å²) >= 11 is 0. The number of ether oxygens (including phenoxy) is 5. The monoisotopic (exact) mass is 498 g/mol. The molecule has 2 heterocycles. The molecule has 2 aliphatic rings. The Labute approximate surface area is 214 Å². The summed E-state index contributed by atoms with van der Waals surface area (Å²) in [4.78, 5) is 17.8. The highest BCUT2D eigenvalue weighted by Crippen LogP contribution is 2.34. The summed E-state index contributed by atoms with van der Waals surface area (Å²) in [5.74, 6) is 4.04. The largest absolute Gasteiger partial charge is 0.496 e. The van der Waals surface area contributed by atoms with Gasteiger partial charge in [-0.05, 0) is 55.8 Å². The number of amides is 1. The topological polar surface area (TPSA) is 69.7 Å². The maximum Gasteiger partial charge on any atom is 0.254 e. The first-order valence-corrected chi connectivity index (χ1v) is 12.7. The maximum absolute atomic E-state index is 13.3. The van der Waals surface area contributed by atoms with E-state index in [9.17, 15) is 4.79 Å². The number of methoxy groups -OCH3 is 4. The fourth-order valence-electron chi connectivity index (χ4n) is 5.19. The van der Waals surface area contributed by atoms with Gasteiger partial charge >= 0.3 is 0 Å². The number of hydrogen-bond acceptors (Lipinski definition) is 7. The van der Waals surface area contributed by atoms with Gasteiger partial charge in [0.25, 0.3) is 5.91 Å². The lowest BCUT2D eigenvalue weighted by molar-refractivity contribution is 0.0658. The van der Waals surface area contributed by atoms with Crippen molar-refractivity contribution in [1.29, 1.82) is 0 Å². The van der Waals surface area contributed by atoms with Gasteiger partial charge in [0.15, 0.2) is 11.5 Å². The van der Waals surface area contributed by atoms with Crippen molar-refractivity contribution >= 4 is 5.91 Å². The Morgan fingerprint density at radius 2 is 1.56 bits per heavy atom. The zero-order chi connectivity index (χ0) is 25.5. The Kier molecular flexibility index (Phi) is 8.80. The first-order valence-electron chi connectivity index (χ1n) is 12.7. The third-order valence-electron chi connectivity index (χ3n) is 7.07. The molecule has 0 spiro atoms. The van der Waals surface area contributed by atoms with Gasteiger partial charge in [-0.25, -0.2) is 0 Å². The van der Waals surface area contributed by atoms with Crippen LogP contribution in [0.3, 0.4) is 0 Å². The molecule has 2 aromatic carbocycles. The van der Waals surface area contributed by atoms with Crippen molar-refractivity contribution in [2.75, 3.05) is 67.8 Å². The predicted octanol–water partition coefficient (Wildman–Crippen LogP) is 3.90. The molecule has 0 bridgehead atoms. The molecule has 2 aromatic rings. The second-order valence-electron chi connectivity index (χ2n) is 9.42. The molecule has 196 valence electrons. The first-order chi connectivity index (χ1) is 17.5. The minimum Gasteiger partial charge on any atom is -0.496 e. The number of hydrogen-bond donors (Lipinski definition) is 0. The average Bonchev–Trinajstić information content (AvgIpc) is 2.92. The Bertz CT molecular complexity index is 1020. The van der Waals surface area contributed by atoms with Gasteiger partial charge in [-0.1, -0.05) is 0 Å². The zero-order valence-electron chi connectivity index (χ0n) is 21.9. The molecule has 1 atom stereocenters. The van der Waals surface area contributed by atoms with Crippen LogP contribution in [0.25, 0.3) is 0 Å². The minimum absolute atomic E-state index is 0.0939. The van der Waals surface area contributed by atoms with Crippen molar-refractivity contribution in [2.45, 2.75) is 25.7 Å². The van der Waals surface area contributed by atoms with Gasteiger partial charge in [-0.2, -0.15) is 0 Å². The van der Waals surface area contributed by atoms with Gasteiger partial charge in [-0.3, -0.25) is 4.79 Å². The predicted molar refractivity (Wildman–Crippen MR) is 138 cm³/mol. The van der Waals surface area contributed by atoms with Crippen LogP contribution in [0.15, 0.2) is 30.3 Å². The third-order valence-corrected chi connectivity index (χ3v) is 7.07. The summed E-state index contributed by atoms with van der Waals surface area (Å²) in [6, 6.07) is 9.35. The molecular weight excluding hydrogens is 460 g/mol. The third kappa shape index (κ3) is 6.16. The standard InChI is InChI=1S/C28H38N2O6/c1-32-22-14-23(33-2)16-24(15-22)36-12-6-10-29-9-5-7-20(18-29)19-30-11-8-21-13-26(34-3)27(35-4)17-25(21)28(30)31/h13-17,20H,5-12,18-19H2,1-4H3. The number of carbonyl (C=O) groups excluding carboxylic acids is 1. The van der Waals surface area contributed by atoms with Crippen molar-refractivity contribution in [3.63, 3.8) is 0 Å². The minimum atomic E-state index is 0.0939. The Balaban J connectivity index is 1.26. The van der Waals surface area contributed by atoms with Crippen LogP contribution >= 0.6 is 0 Å². The van der Waals surface area contributed by atoms with E-state index in [0.29, 0.717) is 24.0 Å². The summed E-state index contributed by atoms with van der Waals surface area (Å²) in [5, 5.41) is 0. The molecule has 36 heavy (non-hydrogen) atoms. The van der Waals surface area contributed by atoms with Crippen LogP contribution < -0.4 is 23.7 Å². The van der Waals surface area contributed by atoms with Gasteiger partial charge in [0.2, 0.25) is 0 Å². The van der Waals surface area contributed by atoms with E-state index in [1.807, 2.05) is 35.2 Å². The van der Waals surface area contributed by atoms with Gasteiger partial charge in [0.1, 0.15) is 17.2 Å². The van der Waals surface area contributed by atoms with Crippen LogP contribution in [0.2, 0.25) is 0 Å². The van der Waals surface area contributed by atoms with Crippen LogP contribution in [-0.2, 0) is 6.42 Å². The second kappa shape index (κ2) is 12.2. The lowest BCUT2D eigenvalue weighted by Gasteiger charge is -2.37. The smallest absolute Gasteiger partial charge is 0.254 e. The van der Waals surface area contributed by atoms with Crippen molar-refractivity contribution in [1.82, 2.24) is 9.80 Å². The number of likely N-dealkylation sites (tertiary alicyclic amines) is 1. The van der Waals surface area contributed by atoms with Crippen LogP contribution in [0, 0.1) is 5.92 Å². The molecule has 8 nitrogen and oxygen atoms in total. The van der Waals surface area contributed by atoms with E-state index in [-0.39, 0.29) is 5.91 Å². The van der Waals surface area contributed by atoms with Crippen molar-refractivity contribution < 1.29 is 28.5 Å². The number of nitrogens with zero attached hydrogens (tertiary/aromatic N) is 2. The van der Waals surface area contributed by atoms with Gasteiger partial charge < -0.3 is 33.5 Å². The molecular formula is C28H38N2O6. The summed E-state index contributed by atoms with van der Waals surface area (Å²) in [6.45, 7) is 5.25. The van der Waals surface area contributed by atoms with Crippen molar-refractivity contribution in [3.05, 3.63) is 41.5 Å². The first kappa shape index (κ1) is 25.9. The van der Waals surface area contributed by atoms with Gasteiger partial charge in [0, 0.05) is 49.9 Å². The molecule has 0 radical (unpaired) electrons. The van der Waals surface area contributed by atoms with E-state index in [1.165, 1.54) is 0 Å². The summed E-state index contributed by atoms with van der Waals surface area (Å²) < 4.78 is 27.4. The molecule has 0 saturated carbocycles. The zero-order valence-corrected chi connectivity index (χ0v) is 21.9. The summed E-state index contributed by atoms with van der Waals surface area (Å²) in [5.41, 5.74) is 1.77. The van der Waals surface area contributed by atoms with E-state index >= 15 is 0 Å². The average molecular weight is 499 g/mol. The van der Waals surface area contributed by atoms with Gasteiger partial charge in [0.05, 0.1) is 35.0 Å². The van der Waals surface area contributed by atoms with Crippen LogP contribution in [0.1, 0.15) is 35.2 Å². The normalized spacial score (nSPS) is 17.9. The second-order valence-corrected chi connectivity index (χ2v) is 9.42. The highest BCUT2D eigenvalue weighted by atomic mass is 16.5. The number of fused-ring (bicyclic) bond motifs is 1. The number of benzene rings is 2. The van der Waals surface area contributed by atoms with E-state index < -0.39 is 0 Å². The highest BCUT2D eigenvalue weighted by molar-refractivity contribution is 5.97. The lowest BCUT2D eigenvalue weighted by Crippen LogP contribution is -2.45. The molecule has 2 aliphatic heterocycles. The molecule has 0 aromatic heterocycles. The Morgan fingerprint density at radius 3 is 2.25 bits per heavy atom. The van der Waals surface area contributed by atoms with Crippen LogP contribution in [-0.4, -0.2) is 83.5 Å². The molecule has 1 amide bonds. The number of piperidine rings is 1. The van der Waals surface area contributed by atoms with Gasteiger partial charge in [-0.15, -0.1) is 0 Å². The molecule has 1 fully saturated rings. The maximum atomic E-state index is 13.3. The highest BCUT2D eigenvalue weighted by Gasteiger charge is 2.29. The van der Waals surface area contributed by atoms with E-state index in [2.05, 4.69) is 4.90 Å².